The second-order valence-corrected chi connectivity index (χ2v) is 10.9. The van der Waals surface area contributed by atoms with Crippen LogP contribution in [0.25, 0.3) is 0 Å². The minimum absolute atomic E-state index is 0.0252. The zero-order chi connectivity index (χ0) is 29.9. The SMILES string of the molecule is CC1CCCN(c2nc(C(F)(F)F)c(C(=O)Cc3ccc(N4CCC(OCc5ccccc5C(=O)O)CC4)nc3)o2)C1. The van der Waals surface area contributed by atoms with Crippen molar-refractivity contribution in [3.63, 3.8) is 0 Å². The van der Waals surface area contributed by atoms with Crippen molar-refractivity contribution < 1.29 is 37.0 Å². The number of nitrogens with zero attached hydrogens (tertiary/aromatic N) is 4. The van der Waals surface area contributed by atoms with Gasteiger partial charge in [0.1, 0.15) is 5.82 Å². The van der Waals surface area contributed by atoms with Gasteiger partial charge in [-0.1, -0.05) is 31.2 Å². The minimum atomic E-state index is -4.81. The van der Waals surface area contributed by atoms with Crippen LogP contribution < -0.4 is 9.80 Å². The molecule has 2 aliphatic rings. The molecule has 2 aliphatic heterocycles. The molecular weight excluding hydrogens is 553 g/mol. The molecule has 1 atom stereocenters. The highest BCUT2D eigenvalue weighted by molar-refractivity contribution is 5.96. The number of ether oxygens (including phenoxy) is 1. The van der Waals surface area contributed by atoms with E-state index in [1.54, 1.807) is 41.3 Å². The van der Waals surface area contributed by atoms with Crippen LogP contribution in [0.15, 0.2) is 47.0 Å². The summed E-state index contributed by atoms with van der Waals surface area (Å²) >= 11 is 0. The fraction of sp³-hybridized carbons (Fsp3) is 0.467. The molecule has 1 unspecified atom stereocenters. The summed E-state index contributed by atoms with van der Waals surface area (Å²) in [5.74, 6) is -1.57. The zero-order valence-corrected chi connectivity index (χ0v) is 23.3. The second kappa shape index (κ2) is 12.5. The topological polar surface area (TPSA) is 109 Å². The third-order valence-corrected chi connectivity index (χ3v) is 7.73. The first-order valence-corrected chi connectivity index (χ1v) is 14.1. The van der Waals surface area contributed by atoms with E-state index in [0.29, 0.717) is 49.0 Å². The number of carbonyl (C=O) groups is 2. The molecule has 224 valence electrons. The molecule has 9 nitrogen and oxygen atoms in total. The standard InChI is InChI=1S/C30H33F3N4O5/c1-19-5-4-12-37(17-19)29-35-27(30(31,32)33)26(42-29)24(38)15-20-8-9-25(34-16-20)36-13-10-22(11-14-36)41-18-21-6-2-3-7-23(21)28(39)40/h2-3,6-9,16,19,22H,4-5,10-15,17-18H2,1H3,(H,39,40). The number of Topliss-reactive ketones (excluding diaryl/α,β-unsaturated/α-hetero) is 1. The zero-order valence-electron chi connectivity index (χ0n) is 23.3. The largest absolute Gasteiger partial charge is 0.478 e. The highest BCUT2D eigenvalue weighted by Crippen LogP contribution is 2.35. The Hall–Kier alpha value is -3.93. The number of aromatic carboxylic acids is 1. The highest BCUT2D eigenvalue weighted by atomic mass is 19.4. The van der Waals surface area contributed by atoms with Crippen LogP contribution >= 0.6 is 0 Å². The molecule has 0 aliphatic carbocycles. The van der Waals surface area contributed by atoms with E-state index in [2.05, 4.69) is 14.9 Å². The van der Waals surface area contributed by atoms with E-state index in [1.807, 2.05) is 6.92 Å². The van der Waals surface area contributed by atoms with E-state index in [4.69, 9.17) is 9.15 Å². The summed E-state index contributed by atoms with van der Waals surface area (Å²) in [5.41, 5.74) is 0.0375. The van der Waals surface area contributed by atoms with Crippen molar-refractivity contribution in [1.29, 1.82) is 0 Å². The Morgan fingerprint density at radius 3 is 2.50 bits per heavy atom. The molecule has 4 heterocycles. The third kappa shape index (κ3) is 6.92. The molecule has 0 amide bonds. The molecule has 2 aromatic heterocycles. The van der Waals surface area contributed by atoms with Gasteiger partial charge in [0.25, 0.3) is 6.01 Å². The van der Waals surface area contributed by atoms with Gasteiger partial charge in [-0.3, -0.25) is 4.79 Å². The number of piperidine rings is 2. The smallest absolute Gasteiger partial charge is 0.437 e. The van der Waals surface area contributed by atoms with Crippen LogP contribution in [0.2, 0.25) is 0 Å². The highest BCUT2D eigenvalue weighted by Gasteiger charge is 2.42. The van der Waals surface area contributed by atoms with E-state index in [1.165, 1.54) is 6.20 Å². The van der Waals surface area contributed by atoms with Gasteiger partial charge in [-0.05, 0) is 54.9 Å². The summed E-state index contributed by atoms with van der Waals surface area (Å²) in [7, 11) is 0. The average Bonchev–Trinajstić information content (AvgIpc) is 3.44. The lowest BCUT2D eigenvalue weighted by Gasteiger charge is -2.32. The number of aromatic nitrogens is 2. The van der Waals surface area contributed by atoms with Crippen molar-refractivity contribution in [3.05, 3.63) is 70.7 Å². The Labute approximate surface area is 241 Å². The van der Waals surface area contributed by atoms with Gasteiger partial charge >= 0.3 is 12.1 Å². The predicted octanol–water partition coefficient (Wildman–Crippen LogP) is 5.63. The maximum absolute atomic E-state index is 13.7. The summed E-state index contributed by atoms with van der Waals surface area (Å²) in [6.45, 7) is 4.63. The van der Waals surface area contributed by atoms with Crippen LogP contribution in [0.5, 0.6) is 0 Å². The van der Waals surface area contributed by atoms with Crippen LogP contribution in [-0.2, 0) is 23.9 Å². The third-order valence-electron chi connectivity index (χ3n) is 7.73. The summed E-state index contributed by atoms with van der Waals surface area (Å²) < 4.78 is 52.6. The maximum Gasteiger partial charge on any atom is 0.437 e. The first-order chi connectivity index (χ1) is 20.1. The first-order valence-electron chi connectivity index (χ1n) is 14.1. The number of oxazole rings is 1. The van der Waals surface area contributed by atoms with Gasteiger partial charge in [-0.15, -0.1) is 0 Å². The molecule has 2 fully saturated rings. The van der Waals surface area contributed by atoms with Crippen molar-refractivity contribution in [3.8, 4) is 0 Å². The van der Waals surface area contributed by atoms with E-state index >= 15 is 0 Å². The molecule has 1 aromatic carbocycles. The number of carbonyl (C=O) groups excluding carboxylic acids is 1. The van der Waals surface area contributed by atoms with Crippen LogP contribution in [0.3, 0.4) is 0 Å². The van der Waals surface area contributed by atoms with Crippen LogP contribution in [-0.4, -0.2) is 59.1 Å². The van der Waals surface area contributed by atoms with Gasteiger partial charge in [0.15, 0.2) is 5.69 Å². The van der Waals surface area contributed by atoms with E-state index in [-0.39, 0.29) is 30.7 Å². The van der Waals surface area contributed by atoms with Gasteiger partial charge in [0, 0.05) is 38.8 Å². The predicted molar refractivity (Wildman–Crippen MR) is 148 cm³/mol. The molecular formula is C30H33F3N4O5. The van der Waals surface area contributed by atoms with Crippen LogP contribution in [0.1, 0.15) is 70.3 Å². The van der Waals surface area contributed by atoms with Gasteiger partial charge in [0.05, 0.1) is 18.3 Å². The van der Waals surface area contributed by atoms with Crippen molar-refractivity contribution >= 4 is 23.6 Å². The summed E-state index contributed by atoms with van der Waals surface area (Å²) in [5, 5.41) is 9.35. The van der Waals surface area contributed by atoms with E-state index in [0.717, 1.165) is 25.7 Å². The quantitative estimate of drug-likeness (QED) is 0.319. The molecule has 0 spiro atoms. The Kier molecular flexibility index (Phi) is 8.81. The van der Waals surface area contributed by atoms with Crippen molar-refractivity contribution in [2.24, 2.45) is 5.92 Å². The maximum atomic E-state index is 13.7. The number of hydrogen-bond acceptors (Lipinski definition) is 8. The molecule has 0 radical (unpaired) electrons. The molecule has 3 aromatic rings. The van der Waals surface area contributed by atoms with Crippen LogP contribution in [0, 0.1) is 5.92 Å². The van der Waals surface area contributed by atoms with Crippen molar-refractivity contribution in [2.75, 3.05) is 36.0 Å². The van der Waals surface area contributed by atoms with Gasteiger partial charge in [0.2, 0.25) is 11.5 Å². The van der Waals surface area contributed by atoms with Gasteiger partial charge in [-0.2, -0.15) is 18.2 Å². The van der Waals surface area contributed by atoms with Gasteiger partial charge in [-0.25, -0.2) is 9.78 Å². The Bertz CT molecular complexity index is 1400. The number of alkyl halides is 3. The summed E-state index contributed by atoms with van der Waals surface area (Å²) in [4.78, 5) is 36.2. The monoisotopic (exact) mass is 586 g/mol. The molecule has 12 heteroatoms. The summed E-state index contributed by atoms with van der Waals surface area (Å²) in [6, 6.07) is 10.0. The normalized spacial score (nSPS) is 18.3. The molecule has 0 saturated carbocycles. The lowest BCUT2D eigenvalue weighted by Crippen LogP contribution is -2.37. The Morgan fingerprint density at radius 2 is 1.83 bits per heavy atom. The molecule has 5 rings (SSSR count). The number of pyridine rings is 1. The minimum Gasteiger partial charge on any atom is -0.478 e. The van der Waals surface area contributed by atoms with E-state index in [9.17, 15) is 27.9 Å². The Morgan fingerprint density at radius 1 is 1.07 bits per heavy atom. The second-order valence-electron chi connectivity index (χ2n) is 10.9. The Balaban J connectivity index is 1.17. The number of carboxylic acid groups (broad SMARTS) is 1. The molecule has 0 bridgehead atoms. The number of anilines is 2. The van der Waals surface area contributed by atoms with E-state index < -0.39 is 29.4 Å². The number of hydrogen-bond donors (Lipinski definition) is 1. The number of carboxylic acids is 1. The van der Waals surface area contributed by atoms with Crippen LogP contribution in [0.4, 0.5) is 25.0 Å². The molecule has 2 saturated heterocycles. The lowest BCUT2D eigenvalue weighted by atomic mass is 10.0. The summed E-state index contributed by atoms with van der Waals surface area (Å²) in [6.07, 6.45) is -0.396. The van der Waals surface area contributed by atoms with Gasteiger partial charge < -0.3 is 24.1 Å². The fourth-order valence-electron chi connectivity index (χ4n) is 5.48. The first kappa shape index (κ1) is 29.6. The number of halogens is 3. The molecule has 1 N–H and O–H groups in total. The van der Waals surface area contributed by atoms with Crippen molar-refractivity contribution in [1.82, 2.24) is 9.97 Å². The lowest BCUT2D eigenvalue weighted by molar-refractivity contribution is -0.141. The average molecular weight is 587 g/mol. The number of benzene rings is 1. The molecule has 42 heavy (non-hydrogen) atoms. The van der Waals surface area contributed by atoms with Crippen molar-refractivity contribution in [2.45, 2.75) is 57.9 Å². The number of rotatable bonds is 9. The fourth-order valence-corrected chi connectivity index (χ4v) is 5.48. The number of ketones is 1.